The largest absolute Gasteiger partial charge is 0.370 e. The maximum Gasteiger partial charge on any atom is 0.322 e. The summed E-state index contributed by atoms with van der Waals surface area (Å²) < 4.78 is 18.9. The lowest BCUT2D eigenvalue weighted by atomic mass is 10.1. The predicted molar refractivity (Wildman–Crippen MR) is 80.0 cm³/mol. The molecule has 21 heavy (non-hydrogen) atoms. The van der Waals surface area contributed by atoms with Crippen molar-refractivity contribution in [3.8, 4) is 0 Å². The van der Waals surface area contributed by atoms with Crippen LogP contribution in [0.4, 0.5) is 14.9 Å². The summed E-state index contributed by atoms with van der Waals surface area (Å²) in [4.78, 5) is 13.9. The van der Waals surface area contributed by atoms with E-state index < -0.39 is 0 Å². The van der Waals surface area contributed by atoms with Crippen LogP contribution in [-0.4, -0.2) is 30.6 Å². The average molecular weight is 306 g/mol. The minimum atomic E-state index is -0.295. The van der Waals surface area contributed by atoms with E-state index in [9.17, 15) is 9.18 Å². The summed E-state index contributed by atoms with van der Waals surface area (Å²) in [6, 6.07) is 8.01. The summed E-state index contributed by atoms with van der Waals surface area (Å²) >= 11 is 1.53. The lowest BCUT2D eigenvalue weighted by Gasteiger charge is -2.33. The molecule has 1 atom stereocenters. The molecule has 0 unspecified atom stereocenters. The second-order valence-electron chi connectivity index (χ2n) is 4.80. The van der Waals surface area contributed by atoms with Crippen LogP contribution in [0.15, 0.2) is 41.1 Å². The van der Waals surface area contributed by atoms with Crippen molar-refractivity contribution < 1.29 is 13.9 Å². The lowest BCUT2D eigenvalue weighted by Crippen LogP contribution is -2.44. The van der Waals surface area contributed by atoms with Crippen molar-refractivity contribution in [2.45, 2.75) is 6.10 Å². The lowest BCUT2D eigenvalue weighted by molar-refractivity contribution is -0.0136. The van der Waals surface area contributed by atoms with Gasteiger partial charge in [0.2, 0.25) is 0 Å². The Labute approximate surface area is 126 Å². The van der Waals surface area contributed by atoms with E-state index in [1.807, 2.05) is 22.9 Å². The highest BCUT2D eigenvalue weighted by Gasteiger charge is 2.25. The summed E-state index contributed by atoms with van der Waals surface area (Å²) in [6.07, 6.45) is -0.289. The number of carbonyl (C=O) groups is 1. The third-order valence-electron chi connectivity index (χ3n) is 3.35. The Morgan fingerprint density at radius 3 is 3.10 bits per heavy atom. The number of thiophene rings is 1. The molecular formula is C15H15FN2O2S. The molecule has 110 valence electrons. The van der Waals surface area contributed by atoms with Gasteiger partial charge in [-0.05, 0) is 29.1 Å². The van der Waals surface area contributed by atoms with Gasteiger partial charge in [-0.1, -0.05) is 12.1 Å². The first-order valence-corrected chi connectivity index (χ1v) is 7.62. The number of amides is 2. The Morgan fingerprint density at radius 2 is 2.33 bits per heavy atom. The molecule has 1 aromatic carbocycles. The van der Waals surface area contributed by atoms with Gasteiger partial charge < -0.3 is 15.0 Å². The average Bonchev–Trinajstić information content (AvgIpc) is 3.00. The van der Waals surface area contributed by atoms with Gasteiger partial charge in [-0.15, -0.1) is 0 Å². The van der Waals surface area contributed by atoms with Crippen LogP contribution in [0.1, 0.15) is 11.7 Å². The second-order valence-corrected chi connectivity index (χ2v) is 5.58. The molecule has 6 heteroatoms. The molecule has 0 aliphatic carbocycles. The van der Waals surface area contributed by atoms with E-state index in [1.54, 1.807) is 11.0 Å². The number of carbonyl (C=O) groups excluding carboxylic acids is 1. The number of halogens is 1. The van der Waals surface area contributed by atoms with Gasteiger partial charge in [-0.25, -0.2) is 9.18 Å². The number of hydrogen-bond donors (Lipinski definition) is 1. The molecule has 1 aliphatic rings. The molecule has 0 bridgehead atoms. The zero-order chi connectivity index (χ0) is 14.7. The van der Waals surface area contributed by atoms with E-state index in [1.165, 1.54) is 23.5 Å². The normalized spacial score (nSPS) is 18.5. The molecular weight excluding hydrogens is 291 g/mol. The van der Waals surface area contributed by atoms with Gasteiger partial charge in [0, 0.05) is 11.9 Å². The van der Waals surface area contributed by atoms with Gasteiger partial charge in [0.25, 0.3) is 0 Å². The van der Waals surface area contributed by atoms with Crippen LogP contribution in [0.5, 0.6) is 0 Å². The molecule has 3 rings (SSSR count). The van der Waals surface area contributed by atoms with Gasteiger partial charge >= 0.3 is 6.03 Å². The monoisotopic (exact) mass is 306 g/mol. The fourth-order valence-electron chi connectivity index (χ4n) is 2.28. The SMILES string of the molecule is O=C(Nc1ccsc1)N1CCO[C@@H](c2cccc(F)c2)C1. The van der Waals surface area contributed by atoms with Gasteiger partial charge in [-0.3, -0.25) is 0 Å². The van der Waals surface area contributed by atoms with Crippen LogP contribution < -0.4 is 5.32 Å². The Bertz CT molecular complexity index is 618. The molecule has 1 saturated heterocycles. The molecule has 1 fully saturated rings. The van der Waals surface area contributed by atoms with Crippen molar-refractivity contribution >= 4 is 23.1 Å². The van der Waals surface area contributed by atoms with E-state index in [0.717, 1.165) is 11.3 Å². The highest BCUT2D eigenvalue weighted by atomic mass is 32.1. The first kappa shape index (κ1) is 14.0. The fraction of sp³-hybridized carbons (Fsp3) is 0.267. The second kappa shape index (κ2) is 6.24. The third-order valence-corrected chi connectivity index (χ3v) is 4.03. The van der Waals surface area contributed by atoms with E-state index in [0.29, 0.717) is 19.7 Å². The first-order valence-electron chi connectivity index (χ1n) is 6.67. The number of urea groups is 1. The standard InChI is InChI=1S/C15H15FN2O2S/c16-12-3-1-2-11(8-12)14-9-18(5-6-20-14)15(19)17-13-4-7-21-10-13/h1-4,7-8,10,14H,5-6,9H2,(H,17,19)/t14-/m1/s1. The van der Waals surface area contributed by atoms with E-state index in [2.05, 4.69) is 5.32 Å². The van der Waals surface area contributed by atoms with Crippen LogP contribution in [0, 0.1) is 5.82 Å². The number of ether oxygens (including phenoxy) is 1. The number of rotatable bonds is 2. The van der Waals surface area contributed by atoms with Gasteiger partial charge in [0.1, 0.15) is 11.9 Å². The fourth-order valence-corrected chi connectivity index (χ4v) is 2.87. The molecule has 2 aromatic rings. The smallest absolute Gasteiger partial charge is 0.322 e. The van der Waals surface area contributed by atoms with Gasteiger partial charge in [-0.2, -0.15) is 11.3 Å². The molecule has 1 aromatic heterocycles. The highest BCUT2D eigenvalue weighted by Crippen LogP contribution is 2.23. The number of anilines is 1. The van der Waals surface area contributed by atoms with Crippen molar-refractivity contribution in [1.29, 1.82) is 0 Å². The molecule has 0 spiro atoms. The number of nitrogens with one attached hydrogen (secondary N) is 1. The van der Waals surface area contributed by atoms with Crippen LogP contribution in [0.25, 0.3) is 0 Å². The zero-order valence-electron chi connectivity index (χ0n) is 11.3. The van der Waals surface area contributed by atoms with E-state index in [-0.39, 0.29) is 18.0 Å². The number of hydrogen-bond acceptors (Lipinski definition) is 3. The molecule has 0 saturated carbocycles. The van der Waals surface area contributed by atoms with Crippen molar-refractivity contribution in [1.82, 2.24) is 4.90 Å². The van der Waals surface area contributed by atoms with Crippen LogP contribution in [0.3, 0.4) is 0 Å². The molecule has 1 aliphatic heterocycles. The quantitative estimate of drug-likeness (QED) is 0.922. The van der Waals surface area contributed by atoms with Gasteiger partial charge in [0.05, 0.1) is 18.8 Å². The molecule has 4 nitrogen and oxygen atoms in total. The maximum atomic E-state index is 13.3. The first-order chi connectivity index (χ1) is 10.2. The Balaban J connectivity index is 1.66. The van der Waals surface area contributed by atoms with Crippen molar-refractivity contribution in [2.75, 3.05) is 25.0 Å². The number of nitrogens with zero attached hydrogens (tertiary/aromatic N) is 1. The highest BCUT2D eigenvalue weighted by molar-refractivity contribution is 7.08. The minimum absolute atomic E-state index is 0.155. The van der Waals surface area contributed by atoms with Crippen molar-refractivity contribution in [3.05, 3.63) is 52.5 Å². The molecule has 2 amide bonds. The van der Waals surface area contributed by atoms with Crippen molar-refractivity contribution in [3.63, 3.8) is 0 Å². The zero-order valence-corrected chi connectivity index (χ0v) is 12.1. The summed E-state index contributed by atoms with van der Waals surface area (Å²) in [7, 11) is 0. The molecule has 2 heterocycles. The maximum absolute atomic E-state index is 13.3. The van der Waals surface area contributed by atoms with Crippen molar-refractivity contribution in [2.24, 2.45) is 0 Å². The van der Waals surface area contributed by atoms with Gasteiger partial charge in [0.15, 0.2) is 0 Å². The topological polar surface area (TPSA) is 41.6 Å². The summed E-state index contributed by atoms with van der Waals surface area (Å²) in [5.41, 5.74) is 1.54. The molecule has 0 radical (unpaired) electrons. The van der Waals surface area contributed by atoms with Crippen LogP contribution >= 0.6 is 11.3 Å². The minimum Gasteiger partial charge on any atom is -0.370 e. The number of morpholine rings is 1. The van der Waals surface area contributed by atoms with E-state index in [4.69, 9.17) is 4.74 Å². The van der Waals surface area contributed by atoms with Crippen LogP contribution in [-0.2, 0) is 4.74 Å². The summed E-state index contributed by atoms with van der Waals surface area (Å²) in [5, 5.41) is 6.63. The summed E-state index contributed by atoms with van der Waals surface area (Å²) in [5.74, 6) is -0.295. The Hall–Kier alpha value is -1.92. The van der Waals surface area contributed by atoms with E-state index >= 15 is 0 Å². The number of benzene rings is 1. The predicted octanol–water partition coefficient (Wildman–Crippen LogP) is 3.49. The molecule has 1 N–H and O–H groups in total. The third kappa shape index (κ3) is 3.40. The summed E-state index contributed by atoms with van der Waals surface area (Å²) in [6.45, 7) is 1.39. The Kier molecular flexibility index (Phi) is 4.17. The Morgan fingerprint density at radius 1 is 1.43 bits per heavy atom. The van der Waals surface area contributed by atoms with Crippen LogP contribution in [0.2, 0.25) is 0 Å².